The molecule has 0 aliphatic rings. The van der Waals surface area contributed by atoms with Gasteiger partial charge in [-0.1, -0.05) is 48.5 Å². The molecule has 3 aromatic rings. The molecule has 0 aliphatic carbocycles. The van der Waals surface area contributed by atoms with Gasteiger partial charge in [-0.2, -0.15) is 5.10 Å². The SMILES string of the molecule is CCn1ncc(S(=O)(=O)N(Cc2ccccc2)c2ccccc2)c1C. The fourth-order valence-electron chi connectivity index (χ4n) is 2.78. The number of benzene rings is 2. The molecule has 6 heteroatoms. The smallest absolute Gasteiger partial charge is 0.268 e. The van der Waals surface area contributed by atoms with E-state index < -0.39 is 10.0 Å². The minimum Gasteiger partial charge on any atom is -0.269 e. The topological polar surface area (TPSA) is 55.2 Å². The molecule has 0 bridgehead atoms. The van der Waals surface area contributed by atoms with E-state index in [2.05, 4.69) is 5.10 Å². The minimum absolute atomic E-state index is 0.245. The highest BCUT2D eigenvalue weighted by Crippen LogP contribution is 2.27. The molecule has 0 radical (unpaired) electrons. The summed E-state index contributed by atoms with van der Waals surface area (Å²) in [6.45, 7) is 4.62. The first kappa shape index (κ1) is 17.2. The summed E-state index contributed by atoms with van der Waals surface area (Å²) in [4.78, 5) is 0.245. The summed E-state index contributed by atoms with van der Waals surface area (Å²) in [7, 11) is -3.72. The largest absolute Gasteiger partial charge is 0.269 e. The fourth-order valence-corrected chi connectivity index (χ4v) is 4.39. The van der Waals surface area contributed by atoms with Crippen LogP contribution in [0.15, 0.2) is 71.8 Å². The molecule has 5 nitrogen and oxygen atoms in total. The lowest BCUT2D eigenvalue weighted by molar-refractivity contribution is 0.588. The maximum absolute atomic E-state index is 13.4. The second-order valence-corrected chi connectivity index (χ2v) is 7.57. The van der Waals surface area contributed by atoms with Crippen molar-refractivity contribution >= 4 is 15.7 Å². The molecule has 0 atom stereocenters. The van der Waals surface area contributed by atoms with Gasteiger partial charge in [-0.15, -0.1) is 0 Å². The summed E-state index contributed by atoms with van der Waals surface area (Å²) < 4.78 is 29.8. The van der Waals surface area contributed by atoms with Gasteiger partial charge < -0.3 is 0 Å². The fraction of sp³-hybridized carbons (Fsp3) is 0.211. The Balaban J connectivity index is 2.08. The maximum Gasteiger partial charge on any atom is 0.268 e. The van der Waals surface area contributed by atoms with Crippen molar-refractivity contribution in [3.05, 3.63) is 78.1 Å². The number of rotatable bonds is 6. The van der Waals surface area contributed by atoms with Crippen molar-refractivity contribution in [2.75, 3.05) is 4.31 Å². The van der Waals surface area contributed by atoms with Crippen LogP contribution in [0.2, 0.25) is 0 Å². The van der Waals surface area contributed by atoms with Crippen molar-refractivity contribution in [3.63, 3.8) is 0 Å². The van der Waals surface area contributed by atoms with Crippen molar-refractivity contribution in [2.45, 2.75) is 31.8 Å². The molecule has 0 aliphatic heterocycles. The van der Waals surface area contributed by atoms with Gasteiger partial charge in [0.25, 0.3) is 10.0 Å². The predicted molar refractivity (Wildman–Crippen MR) is 98.9 cm³/mol. The Labute approximate surface area is 148 Å². The van der Waals surface area contributed by atoms with Crippen molar-refractivity contribution in [1.82, 2.24) is 9.78 Å². The number of aromatic nitrogens is 2. The molecule has 0 unspecified atom stereocenters. The van der Waals surface area contributed by atoms with Crippen LogP contribution in [0, 0.1) is 6.92 Å². The minimum atomic E-state index is -3.72. The van der Waals surface area contributed by atoms with Gasteiger partial charge in [-0.3, -0.25) is 8.99 Å². The van der Waals surface area contributed by atoms with Crippen molar-refractivity contribution < 1.29 is 8.42 Å². The van der Waals surface area contributed by atoms with Crippen LogP contribution in [-0.4, -0.2) is 18.2 Å². The van der Waals surface area contributed by atoms with Crippen LogP contribution in [0.1, 0.15) is 18.2 Å². The van der Waals surface area contributed by atoms with Gasteiger partial charge in [0.1, 0.15) is 4.90 Å². The molecule has 0 spiro atoms. The number of nitrogens with zero attached hydrogens (tertiary/aromatic N) is 3. The summed E-state index contributed by atoms with van der Waals surface area (Å²) in [6, 6.07) is 18.7. The quantitative estimate of drug-likeness (QED) is 0.679. The van der Waals surface area contributed by atoms with Crippen LogP contribution in [0.5, 0.6) is 0 Å². The van der Waals surface area contributed by atoms with Gasteiger partial charge in [0, 0.05) is 6.54 Å². The number of sulfonamides is 1. The Hall–Kier alpha value is -2.60. The number of anilines is 1. The molecule has 1 aromatic heterocycles. The van der Waals surface area contributed by atoms with E-state index in [1.807, 2.05) is 55.5 Å². The van der Waals surface area contributed by atoms with Crippen LogP contribution in [-0.2, 0) is 23.1 Å². The van der Waals surface area contributed by atoms with E-state index in [0.29, 0.717) is 17.9 Å². The molecular weight excluding hydrogens is 334 g/mol. The molecule has 0 saturated heterocycles. The highest BCUT2D eigenvalue weighted by Gasteiger charge is 2.28. The van der Waals surface area contributed by atoms with E-state index in [1.54, 1.807) is 23.7 Å². The van der Waals surface area contributed by atoms with Crippen LogP contribution in [0.4, 0.5) is 5.69 Å². The summed E-state index contributed by atoms with van der Waals surface area (Å²) in [5.41, 5.74) is 2.21. The first-order chi connectivity index (χ1) is 12.0. The van der Waals surface area contributed by atoms with Crippen molar-refractivity contribution in [2.24, 2.45) is 0 Å². The lowest BCUT2D eigenvalue weighted by Crippen LogP contribution is -2.31. The second-order valence-electron chi connectivity index (χ2n) is 5.74. The molecule has 0 amide bonds. The van der Waals surface area contributed by atoms with Crippen LogP contribution in [0.3, 0.4) is 0 Å². The standard InChI is InChI=1S/C19H21N3O2S/c1-3-21-16(2)19(14-20-21)25(23,24)22(18-12-8-5-9-13-18)15-17-10-6-4-7-11-17/h4-14H,3,15H2,1-2H3. The van der Waals surface area contributed by atoms with Gasteiger partial charge in [0.15, 0.2) is 0 Å². The van der Waals surface area contributed by atoms with E-state index in [4.69, 9.17) is 0 Å². The third kappa shape index (κ3) is 3.44. The Morgan fingerprint density at radius 3 is 2.16 bits per heavy atom. The van der Waals surface area contributed by atoms with Crippen molar-refractivity contribution in [1.29, 1.82) is 0 Å². The van der Waals surface area contributed by atoms with E-state index in [9.17, 15) is 8.42 Å². The molecule has 3 rings (SSSR count). The Morgan fingerprint density at radius 2 is 1.60 bits per heavy atom. The number of hydrogen-bond acceptors (Lipinski definition) is 3. The summed E-state index contributed by atoms with van der Waals surface area (Å²) in [5.74, 6) is 0. The molecule has 25 heavy (non-hydrogen) atoms. The lowest BCUT2D eigenvalue weighted by atomic mass is 10.2. The summed E-state index contributed by atoms with van der Waals surface area (Å²) in [5, 5.41) is 4.19. The van der Waals surface area contributed by atoms with E-state index in [-0.39, 0.29) is 11.4 Å². The average molecular weight is 355 g/mol. The van der Waals surface area contributed by atoms with Crippen LogP contribution >= 0.6 is 0 Å². The van der Waals surface area contributed by atoms with Gasteiger partial charge >= 0.3 is 0 Å². The Kier molecular flexibility index (Phi) is 4.90. The molecule has 130 valence electrons. The first-order valence-electron chi connectivity index (χ1n) is 8.18. The monoisotopic (exact) mass is 355 g/mol. The number of aryl methyl sites for hydroxylation is 1. The van der Waals surface area contributed by atoms with Crippen molar-refractivity contribution in [3.8, 4) is 0 Å². The zero-order valence-electron chi connectivity index (χ0n) is 14.3. The normalized spacial score (nSPS) is 11.4. The Morgan fingerprint density at radius 1 is 1.00 bits per heavy atom. The first-order valence-corrected chi connectivity index (χ1v) is 9.62. The third-order valence-corrected chi connectivity index (χ3v) is 6.02. The predicted octanol–water partition coefficient (Wildman–Crippen LogP) is 3.61. The van der Waals surface area contributed by atoms with Gasteiger partial charge in [-0.05, 0) is 31.5 Å². The van der Waals surface area contributed by atoms with Crippen LogP contribution in [0.25, 0.3) is 0 Å². The molecule has 0 fully saturated rings. The zero-order chi connectivity index (χ0) is 17.9. The van der Waals surface area contributed by atoms with Gasteiger partial charge in [0.05, 0.1) is 24.1 Å². The number of para-hydroxylation sites is 1. The lowest BCUT2D eigenvalue weighted by Gasteiger charge is -2.24. The second kappa shape index (κ2) is 7.11. The van der Waals surface area contributed by atoms with E-state index >= 15 is 0 Å². The molecule has 2 aromatic carbocycles. The molecule has 1 heterocycles. The highest BCUT2D eigenvalue weighted by molar-refractivity contribution is 7.92. The van der Waals surface area contributed by atoms with E-state index in [1.165, 1.54) is 10.5 Å². The van der Waals surface area contributed by atoms with Gasteiger partial charge in [0.2, 0.25) is 0 Å². The Bertz CT molecular complexity index is 935. The van der Waals surface area contributed by atoms with Crippen LogP contribution < -0.4 is 4.31 Å². The maximum atomic E-state index is 13.4. The number of hydrogen-bond donors (Lipinski definition) is 0. The molecular formula is C19H21N3O2S. The zero-order valence-corrected chi connectivity index (χ0v) is 15.1. The summed E-state index contributed by atoms with van der Waals surface area (Å²) in [6.07, 6.45) is 1.44. The molecule has 0 N–H and O–H groups in total. The van der Waals surface area contributed by atoms with Gasteiger partial charge in [-0.25, -0.2) is 8.42 Å². The highest BCUT2D eigenvalue weighted by atomic mass is 32.2. The molecule has 0 saturated carbocycles. The summed E-state index contributed by atoms with van der Waals surface area (Å²) >= 11 is 0. The van der Waals surface area contributed by atoms with E-state index in [0.717, 1.165) is 5.56 Å². The average Bonchev–Trinajstić information content (AvgIpc) is 3.02. The third-order valence-electron chi connectivity index (χ3n) is 4.14.